The first-order valence-electron chi connectivity index (χ1n) is 0.236. The Hall–Kier alpha value is 2.31. The minimum Gasteiger partial charge on any atom is -0.0801 e. The van der Waals surface area contributed by atoms with Crippen LogP contribution in [-0.2, 0) is 70.0 Å². The van der Waals surface area contributed by atoms with Gasteiger partial charge in [0.2, 0.25) is 0 Å². The normalized spacial score (nSPS) is 1.00. The van der Waals surface area contributed by atoms with Crippen LogP contribution in [0.3, 0.4) is 0 Å². The summed E-state index contributed by atoms with van der Waals surface area (Å²) >= 11 is 0. The summed E-state index contributed by atoms with van der Waals surface area (Å²) < 4.78 is 8.17. The summed E-state index contributed by atoms with van der Waals surface area (Å²) in [5.41, 5.74) is 0. The van der Waals surface area contributed by atoms with Gasteiger partial charge in [-0.15, -0.1) is 0 Å². The molecule has 0 aromatic carbocycles. The number of hydrogen-bond donors (Lipinski definition) is 0. The Morgan fingerprint density at radius 1 is 1.00 bits per heavy atom. The molecule has 0 rings (SSSR count). The molecule has 4 heteroatoms. The van der Waals surface area contributed by atoms with Gasteiger partial charge in [0.05, 0.1) is 0 Å². The molecule has 0 aliphatic carbocycles. The van der Waals surface area contributed by atoms with Crippen LogP contribution in [0.2, 0.25) is 0 Å². The van der Waals surface area contributed by atoms with E-state index in [2.05, 4.69) is 0 Å². The van der Waals surface area contributed by atoms with E-state index < -0.39 is 0 Å². The molecule has 2 radical (unpaired) electrons. The molecule has 0 spiro atoms. The fourth-order valence-corrected chi connectivity index (χ4v) is 0. The average molecular weight is 227 g/mol. The van der Waals surface area contributed by atoms with Crippen molar-refractivity contribution in [1.82, 2.24) is 0 Å². The summed E-state index contributed by atoms with van der Waals surface area (Å²) in [5, 5.41) is 0. The van der Waals surface area contributed by atoms with Crippen LogP contribution in [-0.4, -0.2) is 0 Å². The van der Waals surface area contributed by atoms with Crippen molar-refractivity contribution in [3.05, 3.63) is 0 Å². The Balaban J connectivity index is -0.00000000500. The van der Waals surface area contributed by atoms with E-state index in [0.717, 1.165) is 0 Å². The van der Waals surface area contributed by atoms with Crippen LogP contribution < -0.4 is 0 Å². The van der Waals surface area contributed by atoms with Gasteiger partial charge in [-0.3, -0.25) is 0 Å². The van der Waals surface area contributed by atoms with E-state index in [9.17, 15) is 0 Å². The van der Waals surface area contributed by atoms with Gasteiger partial charge in [0.15, 0.2) is 0 Å². The molecule has 0 amide bonds. The molecular formula is H2OPY2+. The Morgan fingerprint density at radius 3 is 1.00 bits per heavy atom. The van der Waals surface area contributed by atoms with Crippen molar-refractivity contribution in [2.24, 2.45) is 0 Å². The van der Waals surface area contributed by atoms with E-state index in [-0.39, 0.29) is 65.4 Å². The van der Waals surface area contributed by atoms with Crippen molar-refractivity contribution in [3.63, 3.8) is 0 Å². The molecule has 4 heavy (non-hydrogen) atoms. The summed E-state index contributed by atoms with van der Waals surface area (Å²) in [6.45, 7) is 0. The summed E-state index contributed by atoms with van der Waals surface area (Å²) in [6.07, 6.45) is 0. The van der Waals surface area contributed by atoms with Gasteiger partial charge in [0, 0.05) is 65.4 Å². The first-order valence-corrected chi connectivity index (χ1v) is 0.707. The zero-order valence-corrected chi connectivity index (χ0v) is 8.97. The maximum Gasteiger partial charge on any atom is 0.310 e. The molecule has 0 heterocycles. The van der Waals surface area contributed by atoms with Crippen molar-refractivity contribution in [3.8, 4) is 0 Å². The minimum atomic E-state index is 0. The molecular weight excluding hydrogens is 225 g/mol. The van der Waals surface area contributed by atoms with Crippen LogP contribution >= 0.6 is 9.12 Å². The summed E-state index contributed by atoms with van der Waals surface area (Å²) in [6, 6.07) is 0. The van der Waals surface area contributed by atoms with Crippen LogP contribution in [0.1, 0.15) is 0 Å². The fraction of sp³-hybridized carbons (Fsp3) is 0. The smallest absolute Gasteiger partial charge is 0.0801 e. The van der Waals surface area contributed by atoms with Crippen LogP contribution in [0.25, 0.3) is 0 Å². The third-order valence-electron chi connectivity index (χ3n) is 0. The van der Waals surface area contributed by atoms with E-state index in [4.69, 9.17) is 4.57 Å². The Morgan fingerprint density at radius 2 is 1.00 bits per heavy atom. The molecule has 0 aromatic heterocycles. The first-order chi connectivity index (χ1) is 1.00. The van der Waals surface area contributed by atoms with Crippen molar-refractivity contribution >= 4 is 9.12 Å². The van der Waals surface area contributed by atoms with Crippen LogP contribution in [0.4, 0.5) is 0 Å². The number of rotatable bonds is 0. The van der Waals surface area contributed by atoms with Gasteiger partial charge >= 0.3 is 9.12 Å². The molecule has 1 unspecified atom stereocenters. The van der Waals surface area contributed by atoms with Gasteiger partial charge in [-0.05, 0) is 0 Å². The number of hydrogen-bond acceptors (Lipinski definition) is 1. The van der Waals surface area contributed by atoms with Gasteiger partial charge in [-0.2, -0.15) is 0 Å². The third kappa shape index (κ3) is 8.85. The second-order valence-electron chi connectivity index (χ2n) is 0. The van der Waals surface area contributed by atoms with E-state index in [1.54, 1.807) is 0 Å². The summed E-state index contributed by atoms with van der Waals surface area (Å²) in [4.78, 5) is 0. The maximum absolute atomic E-state index is 8.17. The summed E-state index contributed by atoms with van der Waals surface area (Å²) in [5.74, 6) is 0. The Bertz CT molecular complexity index is 6.00. The molecule has 1 atom stereocenters. The minimum absolute atomic E-state index is 0. The zero-order valence-electron chi connectivity index (χ0n) is 2.14. The van der Waals surface area contributed by atoms with Gasteiger partial charge in [-0.1, -0.05) is 4.57 Å². The van der Waals surface area contributed by atoms with E-state index in [1.165, 1.54) is 9.12 Å². The van der Waals surface area contributed by atoms with Crippen molar-refractivity contribution < 1.29 is 70.0 Å². The van der Waals surface area contributed by atoms with E-state index >= 15 is 0 Å². The topological polar surface area (TPSA) is 17.1 Å². The fourth-order valence-electron chi connectivity index (χ4n) is 0. The maximum atomic E-state index is 8.17. The van der Waals surface area contributed by atoms with Crippen LogP contribution in [0.5, 0.6) is 0 Å². The second-order valence-corrected chi connectivity index (χ2v) is 0. The van der Waals surface area contributed by atoms with Crippen LogP contribution in [0.15, 0.2) is 0 Å². The Kier molecular flexibility index (Phi) is 75.1. The van der Waals surface area contributed by atoms with Gasteiger partial charge in [-0.25, -0.2) is 0 Å². The SMILES string of the molecule is O=[PH2+].[Y].[Y]. The molecule has 0 aliphatic rings. The van der Waals surface area contributed by atoms with Crippen molar-refractivity contribution in [1.29, 1.82) is 0 Å². The Labute approximate surface area is 77.7 Å². The summed E-state index contributed by atoms with van der Waals surface area (Å²) in [7, 11) is 1.17. The van der Waals surface area contributed by atoms with Crippen LogP contribution in [0, 0.1) is 0 Å². The molecule has 0 saturated heterocycles. The van der Waals surface area contributed by atoms with Gasteiger partial charge < -0.3 is 0 Å². The molecule has 0 bridgehead atoms. The molecule has 1 nitrogen and oxygen atoms in total. The third-order valence-corrected chi connectivity index (χ3v) is 0. The largest absolute Gasteiger partial charge is 0.310 e. The molecule has 0 aromatic rings. The molecule has 18 valence electrons. The van der Waals surface area contributed by atoms with Gasteiger partial charge in [0.1, 0.15) is 0 Å². The monoisotopic (exact) mass is 227 g/mol. The predicted octanol–water partition coefficient (Wildman–Crippen LogP) is 0.202. The van der Waals surface area contributed by atoms with Crippen molar-refractivity contribution in [2.75, 3.05) is 0 Å². The zero-order chi connectivity index (χ0) is 2.00. The van der Waals surface area contributed by atoms with Gasteiger partial charge in [0.25, 0.3) is 0 Å². The standard InChI is InChI=1S/H2OP.2Y/c1-2;;/h2H2;;/q+1;;. The first kappa shape index (κ1) is 16.2. The average Bonchev–Trinajstić information content (AvgIpc) is 1.00. The molecule has 0 aliphatic heterocycles. The molecule has 0 saturated carbocycles. The molecule has 0 N–H and O–H groups in total. The van der Waals surface area contributed by atoms with E-state index in [0.29, 0.717) is 0 Å². The second kappa shape index (κ2) is 18.5. The predicted molar refractivity (Wildman–Crippen MR) is 10.4 cm³/mol. The van der Waals surface area contributed by atoms with Crippen molar-refractivity contribution in [2.45, 2.75) is 0 Å². The molecule has 0 fully saturated rings. The quantitative estimate of drug-likeness (QED) is 0.540. The van der Waals surface area contributed by atoms with E-state index in [1.807, 2.05) is 0 Å².